The van der Waals surface area contributed by atoms with E-state index in [4.69, 9.17) is 17.0 Å². The third-order valence-corrected chi connectivity index (χ3v) is 5.16. The molecule has 2 aromatic carbocycles. The van der Waals surface area contributed by atoms with Gasteiger partial charge in [0.15, 0.2) is 0 Å². The van der Waals surface area contributed by atoms with E-state index in [0.717, 1.165) is 32.6 Å². The molecular formula is C19H21FINO2S. The summed E-state index contributed by atoms with van der Waals surface area (Å²) < 4.78 is 24.0. The minimum Gasteiger partial charge on any atom is -0.489 e. The number of alkyl halides is 1. The van der Waals surface area contributed by atoms with Gasteiger partial charge in [-0.1, -0.05) is 19.1 Å². The van der Waals surface area contributed by atoms with E-state index in [-0.39, 0.29) is 5.17 Å². The normalized spacial score (nSPS) is 10.4. The number of halogens is 2. The van der Waals surface area contributed by atoms with Crippen molar-refractivity contribution in [3.05, 3.63) is 56.2 Å². The summed E-state index contributed by atoms with van der Waals surface area (Å²) in [6.07, 6.45) is 1.00. The van der Waals surface area contributed by atoms with Gasteiger partial charge in [0.25, 0.3) is 5.17 Å². The molecule has 0 atom stereocenters. The molecule has 6 heteroatoms. The Bertz CT molecular complexity index is 767. The lowest BCUT2D eigenvalue weighted by molar-refractivity contribution is 0.184. The first-order chi connectivity index (χ1) is 12.0. The Kier molecular flexibility index (Phi) is 7.43. The van der Waals surface area contributed by atoms with Gasteiger partial charge in [-0.2, -0.15) is 0 Å². The summed E-state index contributed by atoms with van der Waals surface area (Å²) in [7, 11) is 0. The van der Waals surface area contributed by atoms with Crippen LogP contribution < -0.4 is 10.1 Å². The number of anilines is 1. The number of aryl methyl sites for hydroxylation is 3. The molecule has 25 heavy (non-hydrogen) atoms. The van der Waals surface area contributed by atoms with Crippen molar-refractivity contribution in [2.45, 2.75) is 33.8 Å². The van der Waals surface area contributed by atoms with Crippen LogP contribution in [-0.2, 0) is 17.8 Å². The second-order valence-electron chi connectivity index (χ2n) is 5.62. The van der Waals surface area contributed by atoms with Crippen molar-refractivity contribution in [1.29, 1.82) is 0 Å². The van der Waals surface area contributed by atoms with Crippen molar-refractivity contribution in [2.75, 3.05) is 12.2 Å². The lowest BCUT2D eigenvalue weighted by Gasteiger charge is -2.17. The first-order valence-corrected chi connectivity index (χ1v) is 9.45. The quantitative estimate of drug-likeness (QED) is 0.432. The number of hydrogen-bond donors (Lipinski definition) is 1. The number of thiocarbonyl (C=S) groups is 1. The Morgan fingerprint density at radius 1 is 1.24 bits per heavy atom. The van der Waals surface area contributed by atoms with Gasteiger partial charge in [-0.3, -0.25) is 0 Å². The average Bonchev–Trinajstić information content (AvgIpc) is 2.57. The molecule has 3 nitrogen and oxygen atoms in total. The maximum absolute atomic E-state index is 12.3. The van der Waals surface area contributed by atoms with E-state index in [0.29, 0.717) is 6.61 Å². The predicted molar refractivity (Wildman–Crippen MR) is 112 cm³/mol. The van der Waals surface area contributed by atoms with Crippen LogP contribution in [0.25, 0.3) is 0 Å². The molecule has 0 aliphatic heterocycles. The van der Waals surface area contributed by atoms with Crippen LogP contribution >= 0.6 is 34.8 Å². The van der Waals surface area contributed by atoms with Crippen LogP contribution in [0.3, 0.4) is 0 Å². The van der Waals surface area contributed by atoms with E-state index in [1.165, 1.54) is 11.1 Å². The van der Waals surface area contributed by atoms with Crippen LogP contribution in [0.1, 0.15) is 29.2 Å². The van der Waals surface area contributed by atoms with Gasteiger partial charge in [-0.25, -0.2) is 4.39 Å². The second-order valence-corrected chi connectivity index (χ2v) is 7.15. The first-order valence-electron chi connectivity index (χ1n) is 7.96. The number of rotatable bonds is 6. The highest BCUT2D eigenvalue weighted by Crippen LogP contribution is 2.27. The van der Waals surface area contributed by atoms with Crippen molar-refractivity contribution in [3.63, 3.8) is 0 Å². The maximum Gasteiger partial charge on any atom is 0.263 e. The number of nitrogens with one attached hydrogen (secondary N) is 1. The Morgan fingerprint density at radius 2 is 2.00 bits per heavy atom. The minimum absolute atomic E-state index is 0.00470. The standard InChI is InChI=1S/C19H21FINO2S/c1-4-14-8-13(3)18(9-12(14)2)23-10-15-16(21)6-5-7-17(15)22-19(25)24-11-20/h5-9H,4,10-11H2,1-3H3,(H,22,25). The van der Waals surface area contributed by atoms with E-state index in [1.54, 1.807) is 0 Å². The summed E-state index contributed by atoms with van der Waals surface area (Å²) in [5.41, 5.74) is 5.37. The molecule has 2 aromatic rings. The molecule has 0 fully saturated rings. The number of benzene rings is 2. The van der Waals surface area contributed by atoms with Gasteiger partial charge < -0.3 is 14.8 Å². The fraction of sp³-hybridized carbons (Fsp3) is 0.316. The molecule has 0 radical (unpaired) electrons. The third kappa shape index (κ3) is 5.28. The maximum atomic E-state index is 12.3. The van der Waals surface area contributed by atoms with E-state index in [9.17, 15) is 4.39 Å². The van der Waals surface area contributed by atoms with Gasteiger partial charge in [-0.15, -0.1) is 0 Å². The third-order valence-electron chi connectivity index (χ3n) is 3.93. The monoisotopic (exact) mass is 473 g/mol. The van der Waals surface area contributed by atoms with Gasteiger partial charge in [0.2, 0.25) is 6.86 Å². The summed E-state index contributed by atoms with van der Waals surface area (Å²) in [6.45, 7) is 5.72. The lowest BCUT2D eigenvalue weighted by Crippen LogP contribution is -2.15. The molecule has 0 heterocycles. The summed E-state index contributed by atoms with van der Waals surface area (Å²) in [6, 6.07) is 10.0. The fourth-order valence-electron chi connectivity index (χ4n) is 2.55. The summed E-state index contributed by atoms with van der Waals surface area (Å²) in [5, 5.41) is 2.92. The number of hydrogen-bond acceptors (Lipinski definition) is 3. The summed E-state index contributed by atoms with van der Waals surface area (Å²) >= 11 is 7.21. The molecule has 0 unspecified atom stereocenters. The van der Waals surface area contributed by atoms with Crippen molar-refractivity contribution in [3.8, 4) is 5.75 Å². The SMILES string of the molecule is CCc1cc(C)c(OCc2c(I)cccc2NC(=S)OCF)cc1C. The second kappa shape index (κ2) is 9.33. The van der Waals surface area contributed by atoms with Crippen LogP contribution in [0, 0.1) is 17.4 Å². The predicted octanol–water partition coefficient (Wildman–Crippen LogP) is 5.69. The molecule has 1 N–H and O–H groups in total. The van der Waals surface area contributed by atoms with Crippen molar-refractivity contribution in [1.82, 2.24) is 0 Å². The molecule has 0 amide bonds. The zero-order chi connectivity index (χ0) is 18.4. The van der Waals surface area contributed by atoms with Gasteiger partial charge >= 0.3 is 0 Å². The zero-order valence-electron chi connectivity index (χ0n) is 14.5. The molecule has 134 valence electrons. The topological polar surface area (TPSA) is 30.5 Å². The van der Waals surface area contributed by atoms with Crippen molar-refractivity contribution < 1.29 is 13.9 Å². The van der Waals surface area contributed by atoms with Gasteiger partial charge in [0.05, 0.1) is 0 Å². The Balaban J connectivity index is 2.20. The minimum atomic E-state index is -0.955. The van der Waals surface area contributed by atoms with Gasteiger partial charge in [0.1, 0.15) is 12.4 Å². The van der Waals surface area contributed by atoms with Crippen LogP contribution in [-0.4, -0.2) is 12.0 Å². The largest absolute Gasteiger partial charge is 0.489 e. The Labute approximate surface area is 167 Å². The Morgan fingerprint density at radius 3 is 2.68 bits per heavy atom. The molecule has 0 aromatic heterocycles. The average molecular weight is 473 g/mol. The number of ether oxygens (including phenoxy) is 2. The molecule has 0 bridgehead atoms. The van der Waals surface area contributed by atoms with E-state index < -0.39 is 6.86 Å². The van der Waals surface area contributed by atoms with Crippen molar-refractivity contribution >= 4 is 45.7 Å². The van der Waals surface area contributed by atoms with Crippen molar-refractivity contribution in [2.24, 2.45) is 0 Å². The molecule has 0 saturated heterocycles. The van der Waals surface area contributed by atoms with E-state index >= 15 is 0 Å². The van der Waals surface area contributed by atoms with Crippen LogP contribution in [0.15, 0.2) is 30.3 Å². The molecule has 0 saturated carbocycles. The van der Waals surface area contributed by atoms with E-state index in [2.05, 4.69) is 58.6 Å². The molecule has 0 aliphatic carbocycles. The molecule has 2 rings (SSSR count). The van der Waals surface area contributed by atoms with Crippen LogP contribution in [0.5, 0.6) is 5.75 Å². The molecule has 0 aliphatic rings. The van der Waals surface area contributed by atoms with Crippen LogP contribution in [0.4, 0.5) is 10.1 Å². The fourth-order valence-corrected chi connectivity index (χ4v) is 3.36. The lowest BCUT2D eigenvalue weighted by atomic mass is 10.0. The summed E-state index contributed by atoms with van der Waals surface area (Å²) in [5.74, 6) is 0.864. The van der Waals surface area contributed by atoms with Crippen LogP contribution in [0.2, 0.25) is 0 Å². The highest BCUT2D eigenvalue weighted by molar-refractivity contribution is 14.1. The molecular weight excluding hydrogens is 452 g/mol. The zero-order valence-corrected chi connectivity index (χ0v) is 17.5. The highest BCUT2D eigenvalue weighted by atomic mass is 127. The van der Waals surface area contributed by atoms with Gasteiger partial charge in [0, 0.05) is 14.8 Å². The molecule has 0 spiro atoms. The first kappa shape index (κ1) is 19.9. The van der Waals surface area contributed by atoms with E-state index in [1.807, 2.05) is 25.1 Å². The smallest absolute Gasteiger partial charge is 0.263 e. The Hall–Kier alpha value is -1.41. The van der Waals surface area contributed by atoms with Gasteiger partial charge in [-0.05, 0) is 90.0 Å². The summed E-state index contributed by atoms with van der Waals surface area (Å²) in [4.78, 5) is 0. The highest BCUT2D eigenvalue weighted by Gasteiger charge is 2.11.